The molecule has 0 bridgehead atoms. The van der Waals surface area contributed by atoms with E-state index in [1.54, 1.807) is 0 Å². The first-order chi connectivity index (χ1) is 12.6. The number of aromatic nitrogens is 2. The lowest BCUT2D eigenvalue weighted by Gasteiger charge is -2.15. The average molecular weight is 368 g/mol. The van der Waals surface area contributed by atoms with Gasteiger partial charge in [0.05, 0.1) is 18.5 Å². The fraction of sp³-hybridized carbons (Fsp3) is 0.316. The van der Waals surface area contributed by atoms with Crippen molar-refractivity contribution in [1.82, 2.24) is 20.2 Å². The summed E-state index contributed by atoms with van der Waals surface area (Å²) in [7, 11) is 1.85. The summed E-state index contributed by atoms with van der Waals surface area (Å²) in [6.07, 6.45) is 2.15. The lowest BCUT2D eigenvalue weighted by Crippen LogP contribution is -2.36. The zero-order valence-corrected chi connectivity index (χ0v) is 15.3. The standard InChI is InChI=1S/C19H20N4O2S/c1-23(11-17(24)20-13-7-8-13)10-16-21-18(25)14-9-15(26-19(14)22-16)12-5-3-2-4-6-12/h2-6,9,13H,7-8,10-11H2,1H3,(H,20,24)(H,21,22,25). The van der Waals surface area contributed by atoms with Crippen molar-refractivity contribution in [3.63, 3.8) is 0 Å². The number of likely N-dealkylation sites (N-methyl/N-ethyl adjacent to an activating group) is 1. The summed E-state index contributed by atoms with van der Waals surface area (Å²) in [5.41, 5.74) is 0.935. The highest BCUT2D eigenvalue weighted by molar-refractivity contribution is 7.21. The van der Waals surface area contributed by atoms with E-state index < -0.39 is 0 Å². The number of rotatable bonds is 6. The summed E-state index contributed by atoms with van der Waals surface area (Å²) >= 11 is 1.51. The van der Waals surface area contributed by atoms with Crippen molar-refractivity contribution in [1.29, 1.82) is 0 Å². The maximum atomic E-state index is 12.4. The minimum atomic E-state index is -0.140. The third kappa shape index (κ3) is 3.84. The van der Waals surface area contributed by atoms with Gasteiger partial charge in [-0.15, -0.1) is 11.3 Å². The van der Waals surface area contributed by atoms with Gasteiger partial charge < -0.3 is 10.3 Å². The molecule has 1 aliphatic carbocycles. The van der Waals surface area contributed by atoms with Crippen LogP contribution in [0.25, 0.3) is 20.7 Å². The van der Waals surface area contributed by atoms with Crippen molar-refractivity contribution >= 4 is 27.5 Å². The highest BCUT2D eigenvalue weighted by atomic mass is 32.1. The summed E-state index contributed by atoms with van der Waals surface area (Å²) in [5.74, 6) is 0.589. The molecular weight excluding hydrogens is 348 g/mol. The predicted octanol–water partition coefficient (Wildman–Crippen LogP) is 2.36. The Labute approximate surface area is 154 Å². The molecule has 6 nitrogen and oxygen atoms in total. The fourth-order valence-electron chi connectivity index (χ4n) is 2.85. The van der Waals surface area contributed by atoms with E-state index in [0.717, 1.165) is 28.1 Å². The first-order valence-electron chi connectivity index (χ1n) is 8.64. The third-order valence-electron chi connectivity index (χ3n) is 4.29. The molecule has 1 amide bonds. The van der Waals surface area contributed by atoms with Crippen LogP contribution in [0.15, 0.2) is 41.2 Å². The zero-order valence-electron chi connectivity index (χ0n) is 14.5. The minimum Gasteiger partial charge on any atom is -0.352 e. The monoisotopic (exact) mass is 368 g/mol. The van der Waals surface area contributed by atoms with E-state index in [1.165, 1.54) is 11.3 Å². The van der Waals surface area contributed by atoms with E-state index in [4.69, 9.17) is 0 Å². The van der Waals surface area contributed by atoms with Gasteiger partial charge in [-0.1, -0.05) is 30.3 Å². The molecule has 0 unspecified atom stereocenters. The second kappa shape index (κ2) is 7.01. The van der Waals surface area contributed by atoms with Gasteiger partial charge in [0.2, 0.25) is 5.91 Å². The average Bonchev–Trinajstić information content (AvgIpc) is 3.30. The van der Waals surface area contributed by atoms with Crippen LogP contribution in [-0.2, 0) is 11.3 Å². The molecule has 0 aliphatic heterocycles. The van der Waals surface area contributed by atoms with Gasteiger partial charge in [0.1, 0.15) is 10.7 Å². The Balaban J connectivity index is 1.52. The molecule has 0 atom stereocenters. The van der Waals surface area contributed by atoms with Crippen LogP contribution in [0.1, 0.15) is 18.7 Å². The Bertz CT molecular complexity index is 992. The van der Waals surface area contributed by atoms with Gasteiger partial charge in [-0.3, -0.25) is 14.5 Å². The SMILES string of the molecule is CN(CC(=O)NC1CC1)Cc1nc2sc(-c3ccccc3)cc2c(=O)[nH]1. The predicted molar refractivity (Wildman–Crippen MR) is 103 cm³/mol. The van der Waals surface area contributed by atoms with E-state index >= 15 is 0 Å². The highest BCUT2D eigenvalue weighted by Gasteiger charge is 2.23. The first kappa shape index (κ1) is 16.9. The van der Waals surface area contributed by atoms with Crippen LogP contribution in [0, 0.1) is 0 Å². The number of aromatic amines is 1. The van der Waals surface area contributed by atoms with Gasteiger partial charge in [-0.25, -0.2) is 4.98 Å². The second-order valence-electron chi connectivity index (χ2n) is 6.72. The summed E-state index contributed by atoms with van der Waals surface area (Å²) in [6, 6.07) is 12.2. The van der Waals surface area contributed by atoms with E-state index in [9.17, 15) is 9.59 Å². The van der Waals surface area contributed by atoms with Crippen LogP contribution in [0.2, 0.25) is 0 Å². The minimum absolute atomic E-state index is 0.0147. The number of H-pyrrole nitrogens is 1. The van der Waals surface area contributed by atoms with Crippen molar-refractivity contribution in [2.75, 3.05) is 13.6 Å². The van der Waals surface area contributed by atoms with E-state index in [1.807, 2.05) is 48.3 Å². The van der Waals surface area contributed by atoms with Crippen molar-refractivity contribution in [2.24, 2.45) is 0 Å². The number of nitrogens with zero attached hydrogens (tertiary/aromatic N) is 2. The zero-order chi connectivity index (χ0) is 18.1. The third-order valence-corrected chi connectivity index (χ3v) is 5.36. The summed E-state index contributed by atoms with van der Waals surface area (Å²) < 4.78 is 0. The molecule has 2 aromatic heterocycles. The van der Waals surface area contributed by atoms with Crippen LogP contribution in [0.3, 0.4) is 0 Å². The molecule has 1 fully saturated rings. The summed E-state index contributed by atoms with van der Waals surface area (Å²) in [6.45, 7) is 0.708. The molecular formula is C19H20N4O2S. The van der Waals surface area contributed by atoms with Crippen LogP contribution in [0.5, 0.6) is 0 Å². The molecule has 0 saturated heterocycles. The van der Waals surface area contributed by atoms with Gasteiger partial charge in [0.15, 0.2) is 0 Å². The van der Waals surface area contributed by atoms with Crippen molar-refractivity contribution in [3.05, 3.63) is 52.6 Å². The van der Waals surface area contributed by atoms with E-state index in [0.29, 0.717) is 23.8 Å². The van der Waals surface area contributed by atoms with E-state index in [2.05, 4.69) is 15.3 Å². The second-order valence-corrected chi connectivity index (χ2v) is 7.75. The molecule has 1 saturated carbocycles. The quantitative estimate of drug-likeness (QED) is 0.700. The van der Waals surface area contributed by atoms with Crippen molar-refractivity contribution in [3.8, 4) is 10.4 Å². The lowest BCUT2D eigenvalue weighted by molar-refractivity contribution is -0.122. The Kier molecular flexibility index (Phi) is 4.57. The maximum absolute atomic E-state index is 12.4. The molecule has 0 radical (unpaired) electrons. The Morgan fingerprint density at radius 3 is 2.85 bits per heavy atom. The molecule has 2 N–H and O–H groups in total. The Morgan fingerprint density at radius 2 is 2.12 bits per heavy atom. The van der Waals surface area contributed by atoms with Gasteiger partial charge >= 0.3 is 0 Å². The molecule has 7 heteroatoms. The number of hydrogen-bond donors (Lipinski definition) is 2. The number of amides is 1. The maximum Gasteiger partial charge on any atom is 0.259 e. The van der Waals surface area contributed by atoms with Gasteiger partial charge in [0.25, 0.3) is 5.56 Å². The molecule has 1 aliphatic rings. The van der Waals surface area contributed by atoms with Crippen molar-refractivity contribution < 1.29 is 4.79 Å². The molecule has 3 aromatic rings. The molecule has 4 rings (SSSR count). The number of benzene rings is 1. The number of fused-ring (bicyclic) bond motifs is 1. The fourth-order valence-corrected chi connectivity index (χ4v) is 3.91. The summed E-state index contributed by atoms with van der Waals surface area (Å²) in [5, 5.41) is 3.57. The number of carbonyl (C=O) groups is 1. The van der Waals surface area contributed by atoms with Crippen molar-refractivity contribution in [2.45, 2.75) is 25.4 Å². The number of carbonyl (C=O) groups excluding carboxylic acids is 1. The van der Waals surface area contributed by atoms with E-state index in [-0.39, 0.29) is 18.0 Å². The van der Waals surface area contributed by atoms with Gasteiger partial charge in [0, 0.05) is 10.9 Å². The van der Waals surface area contributed by atoms with Crippen LogP contribution < -0.4 is 10.9 Å². The number of hydrogen-bond acceptors (Lipinski definition) is 5. The van der Waals surface area contributed by atoms with Crippen LogP contribution in [0.4, 0.5) is 0 Å². The normalized spacial score (nSPS) is 14.1. The number of nitrogens with one attached hydrogen (secondary N) is 2. The topological polar surface area (TPSA) is 78.1 Å². The summed E-state index contributed by atoms with van der Waals surface area (Å²) in [4.78, 5) is 35.3. The number of thiophene rings is 1. The van der Waals surface area contributed by atoms with Gasteiger partial charge in [-0.2, -0.15) is 0 Å². The van der Waals surface area contributed by atoms with Crippen LogP contribution in [-0.4, -0.2) is 40.4 Å². The highest BCUT2D eigenvalue weighted by Crippen LogP contribution is 2.30. The Hall–Kier alpha value is -2.51. The largest absolute Gasteiger partial charge is 0.352 e. The lowest BCUT2D eigenvalue weighted by atomic mass is 10.2. The Morgan fingerprint density at radius 1 is 1.35 bits per heavy atom. The molecule has 0 spiro atoms. The molecule has 1 aromatic carbocycles. The van der Waals surface area contributed by atoms with Gasteiger partial charge in [-0.05, 0) is 31.5 Å². The molecule has 26 heavy (non-hydrogen) atoms. The smallest absolute Gasteiger partial charge is 0.259 e. The molecule has 2 heterocycles. The van der Waals surface area contributed by atoms with Crippen LogP contribution >= 0.6 is 11.3 Å². The first-order valence-corrected chi connectivity index (χ1v) is 9.46. The molecule has 134 valence electrons.